The first-order valence-electron chi connectivity index (χ1n) is 3.36. The SMILES string of the molecule is NC(C(=O)[O-])c1ccc(O)cc1.[K+]. The van der Waals surface area contributed by atoms with Crippen LogP contribution in [0.15, 0.2) is 24.3 Å². The topological polar surface area (TPSA) is 86.4 Å². The molecule has 0 aromatic heterocycles. The van der Waals surface area contributed by atoms with E-state index in [0.29, 0.717) is 5.56 Å². The molecule has 4 nitrogen and oxygen atoms in total. The quantitative estimate of drug-likeness (QED) is 0.484. The Labute approximate surface area is 118 Å². The van der Waals surface area contributed by atoms with Crippen LogP contribution in [0.1, 0.15) is 11.6 Å². The molecule has 1 atom stereocenters. The number of nitrogens with two attached hydrogens (primary N) is 1. The number of carboxylic acids is 1. The molecule has 5 heteroatoms. The zero-order valence-corrected chi connectivity index (χ0v) is 10.4. The fourth-order valence-corrected chi connectivity index (χ4v) is 0.818. The maximum Gasteiger partial charge on any atom is 1.00 e. The molecular formula is C8H8KNO3. The first kappa shape index (κ1) is 13.1. The summed E-state index contributed by atoms with van der Waals surface area (Å²) < 4.78 is 0. The Bertz CT molecular complexity index is 286. The van der Waals surface area contributed by atoms with E-state index < -0.39 is 12.0 Å². The van der Waals surface area contributed by atoms with Crippen molar-refractivity contribution in [3.8, 4) is 5.75 Å². The molecule has 0 aliphatic rings. The fourth-order valence-electron chi connectivity index (χ4n) is 0.818. The van der Waals surface area contributed by atoms with E-state index in [0.717, 1.165) is 0 Å². The van der Waals surface area contributed by atoms with Gasteiger partial charge in [0.15, 0.2) is 0 Å². The Hall–Kier alpha value is 0.0864. The van der Waals surface area contributed by atoms with Crippen LogP contribution in [-0.2, 0) is 4.79 Å². The van der Waals surface area contributed by atoms with Gasteiger partial charge in [0, 0.05) is 0 Å². The average molecular weight is 205 g/mol. The van der Waals surface area contributed by atoms with E-state index in [1.807, 2.05) is 0 Å². The van der Waals surface area contributed by atoms with Gasteiger partial charge in [-0.05, 0) is 17.7 Å². The number of hydrogen-bond donors (Lipinski definition) is 2. The number of phenolic OH excluding ortho intramolecular Hbond substituents is 1. The van der Waals surface area contributed by atoms with Crippen LogP contribution >= 0.6 is 0 Å². The Kier molecular flexibility index (Phi) is 5.78. The smallest absolute Gasteiger partial charge is 0.548 e. The van der Waals surface area contributed by atoms with Crippen molar-refractivity contribution in [1.29, 1.82) is 0 Å². The van der Waals surface area contributed by atoms with Gasteiger partial charge in [0.25, 0.3) is 0 Å². The summed E-state index contributed by atoms with van der Waals surface area (Å²) >= 11 is 0. The van der Waals surface area contributed by atoms with Crippen molar-refractivity contribution in [3.63, 3.8) is 0 Å². The molecule has 1 rings (SSSR count). The molecule has 1 unspecified atom stereocenters. The molecule has 0 heterocycles. The maximum absolute atomic E-state index is 10.3. The zero-order chi connectivity index (χ0) is 9.14. The number of phenols is 1. The molecule has 0 saturated carbocycles. The van der Waals surface area contributed by atoms with Crippen molar-refractivity contribution in [1.82, 2.24) is 0 Å². The molecule has 0 radical (unpaired) electrons. The van der Waals surface area contributed by atoms with Crippen molar-refractivity contribution in [2.24, 2.45) is 5.73 Å². The van der Waals surface area contributed by atoms with Crippen molar-refractivity contribution in [3.05, 3.63) is 29.8 Å². The summed E-state index contributed by atoms with van der Waals surface area (Å²) in [4.78, 5) is 10.3. The number of benzene rings is 1. The molecule has 1 aromatic rings. The van der Waals surface area contributed by atoms with Crippen LogP contribution in [0.4, 0.5) is 0 Å². The third-order valence-electron chi connectivity index (χ3n) is 1.51. The van der Waals surface area contributed by atoms with Gasteiger partial charge < -0.3 is 20.7 Å². The standard InChI is InChI=1S/C8H9NO3.K/c9-7(8(11)12)5-1-3-6(10)4-2-5;/h1-4,7,10H,9H2,(H,11,12);/q;+1/p-1. The van der Waals surface area contributed by atoms with Gasteiger partial charge in [-0.15, -0.1) is 0 Å². The summed E-state index contributed by atoms with van der Waals surface area (Å²) in [6.45, 7) is 0. The van der Waals surface area contributed by atoms with Gasteiger partial charge in [-0.3, -0.25) is 0 Å². The predicted octanol–water partition coefficient (Wildman–Crippen LogP) is -3.85. The van der Waals surface area contributed by atoms with Gasteiger partial charge in [-0.25, -0.2) is 0 Å². The van der Waals surface area contributed by atoms with Crippen LogP contribution in [0.5, 0.6) is 5.75 Å². The minimum atomic E-state index is -1.33. The molecule has 1 aromatic carbocycles. The maximum atomic E-state index is 10.3. The second-order valence-corrected chi connectivity index (χ2v) is 2.39. The van der Waals surface area contributed by atoms with Crippen molar-refractivity contribution in [2.75, 3.05) is 0 Å². The van der Waals surface area contributed by atoms with Crippen LogP contribution in [0.3, 0.4) is 0 Å². The van der Waals surface area contributed by atoms with E-state index in [9.17, 15) is 9.90 Å². The summed E-state index contributed by atoms with van der Waals surface area (Å²) in [5.74, 6) is -1.26. The van der Waals surface area contributed by atoms with E-state index in [-0.39, 0.29) is 57.1 Å². The minimum absolute atomic E-state index is 0. The summed E-state index contributed by atoms with van der Waals surface area (Å²) in [6.07, 6.45) is 0. The van der Waals surface area contributed by atoms with Gasteiger partial charge >= 0.3 is 51.4 Å². The molecule has 64 valence electrons. The predicted molar refractivity (Wildman–Crippen MR) is 40.0 cm³/mol. The molecule has 0 aliphatic carbocycles. The van der Waals surface area contributed by atoms with Gasteiger partial charge in [-0.1, -0.05) is 12.1 Å². The number of aliphatic carboxylic acids is 1. The Morgan fingerprint density at radius 2 is 1.85 bits per heavy atom. The van der Waals surface area contributed by atoms with Gasteiger partial charge in [0.1, 0.15) is 5.75 Å². The average Bonchev–Trinajstić information content (AvgIpc) is 2.04. The van der Waals surface area contributed by atoms with Crippen LogP contribution < -0.4 is 62.2 Å². The normalized spacial score (nSPS) is 11.5. The number of carbonyl (C=O) groups excluding carboxylic acids is 1. The summed E-state index contributed by atoms with van der Waals surface area (Å²) in [5, 5.41) is 19.2. The van der Waals surface area contributed by atoms with Gasteiger partial charge in [-0.2, -0.15) is 0 Å². The van der Waals surface area contributed by atoms with Crippen LogP contribution in [0, 0.1) is 0 Å². The second-order valence-electron chi connectivity index (χ2n) is 2.39. The number of carboxylic acid groups (broad SMARTS) is 1. The molecule has 0 fully saturated rings. The minimum Gasteiger partial charge on any atom is -0.548 e. The molecule has 0 spiro atoms. The van der Waals surface area contributed by atoms with Crippen LogP contribution in [0.25, 0.3) is 0 Å². The number of aromatic hydroxyl groups is 1. The first-order chi connectivity index (χ1) is 5.61. The second kappa shape index (κ2) is 5.74. The van der Waals surface area contributed by atoms with E-state index in [4.69, 9.17) is 10.8 Å². The molecule has 0 aliphatic heterocycles. The molecule has 3 N–H and O–H groups in total. The Balaban J connectivity index is 0.00000144. The third kappa shape index (κ3) is 3.76. The monoisotopic (exact) mass is 205 g/mol. The number of rotatable bonds is 2. The number of hydrogen-bond acceptors (Lipinski definition) is 4. The first-order valence-corrected chi connectivity index (χ1v) is 3.36. The molecular weight excluding hydrogens is 197 g/mol. The molecule has 0 amide bonds. The van der Waals surface area contributed by atoms with Crippen molar-refractivity contribution in [2.45, 2.75) is 6.04 Å². The summed E-state index contributed by atoms with van der Waals surface area (Å²) in [5.41, 5.74) is 5.65. The van der Waals surface area contributed by atoms with Gasteiger partial charge in [0.2, 0.25) is 0 Å². The molecule has 0 saturated heterocycles. The van der Waals surface area contributed by atoms with Crippen molar-refractivity contribution >= 4 is 5.97 Å². The van der Waals surface area contributed by atoms with Crippen LogP contribution in [0.2, 0.25) is 0 Å². The van der Waals surface area contributed by atoms with Crippen LogP contribution in [-0.4, -0.2) is 11.1 Å². The van der Waals surface area contributed by atoms with E-state index in [1.54, 1.807) is 0 Å². The summed E-state index contributed by atoms with van der Waals surface area (Å²) in [7, 11) is 0. The van der Waals surface area contributed by atoms with E-state index in [1.165, 1.54) is 24.3 Å². The van der Waals surface area contributed by atoms with Crippen molar-refractivity contribution < 1.29 is 66.4 Å². The van der Waals surface area contributed by atoms with E-state index >= 15 is 0 Å². The molecule has 13 heavy (non-hydrogen) atoms. The van der Waals surface area contributed by atoms with Gasteiger partial charge in [0.05, 0.1) is 12.0 Å². The Morgan fingerprint density at radius 1 is 1.38 bits per heavy atom. The fraction of sp³-hybridized carbons (Fsp3) is 0.125. The molecule has 0 bridgehead atoms. The largest absolute Gasteiger partial charge is 1.00 e. The van der Waals surface area contributed by atoms with E-state index in [2.05, 4.69) is 0 Å². The number of carbonyl (C=O) groups is 1. The summed E-state index contributed by atoms with van der Waals surface area (Å²) in [6, 6.07) is 4.49. The third-order valence-corrected chi connectivity index (χ3v) is 1.51. The zero-order valence-electron chi connectivity index (χ0n) is 7.23. The Morgan fingerprint density at radius 3 is 2.23 bits per heavy atom.